The van der Waals surface area contributed by atoms with Crippen LogP contribution in [0.25, 0.3) is 0 Å². The molecule has 0 saturated heterocycles. The Morgan fingerprint density at radius 2 is 1.81 bits per heavy atom. The second-order valence-corrected chi connectivity index (χ2v) is 5.97. The second kappa shape index (κ2) is 6.27. The van der Waals surface area contributed by atoms with Gasteiger partial charge in [0.05, 0.1) is 0 Å². The van der Waals surface area contributed by atoms with Gasteiger partial charge in [0, 0.05) is 19.6 Å². The summed E-state index contributed by atoms with van der Waals surface area (Å²) in [6.07, 6.45) is 1.07. The molecule has 0 radical (unpaired) electrons. The van der Waals surface area contributed by atoms with Crippen LogP contribution in [-0.4, -0.2) is 16.6 Å². The minimum Gasteiger partial charge on any atom is -0.358 e. The normalized spacial score (nSPS) is 13.7. The first-order valence-electron chi connectivity index (χ1n) is 7.37. The van der Waals surface area contributed by atoms with E-state index in [1.165, 1.54) is 22.3 Å². The lowest BCUT2D eigenvalue weighted by molar-refractivity contribution is 0.387. The molecular weight excluding hydrogens is 276 g/mol. The molecule has 0 bridgehead atoms. The SMILES string of the molecule is Cc1ccc(CNC(=S)N2CCc3ccccc3C2)cc1. The Hall–Kier alpha value is -1.87. The number of aryl methyl sites for hydroxylation is 1. The molecule has 0 fully saturated rings. The van der Waals surface area contributed by atoms with Crippen molar-refractivity contribution >= 4 is 17.3 Å². The number of hydrogen-bond donors (Lipinski definition) is 1. The molecule has 0 unspecified atom stereocenters. The Bertz CT molecular complexity index is 634. The van der Waals surface area contributed by atoms with Crippen molar-refractivity contribution in [2.24, 2.45) is 0 Å². The van der Waals surface area contributed by atoms with Crippen molar-refractivity contribution in [3.63, 3.8) is 0 Å². The van der Waals surface area contributed by atoms with Crippen molar-refractivity contribution in [3.8, 4) is 0 Å². The fraction of sp³-hybridized carbons (Fsp3) is 0.278. The van der Waals surface area contributed by atoms with Gasteiger partial charge in [-0.15, -0.1) is 0 Å². The molecule has 1 aliphatic heterocycles. The summed E-state index contributed by atoms with van der Waals surface area (Å²) in [5.41, 5.74) is 5.40. The van der Waals surface area contributed by atoms with Crippen molar-refractivity contribution < 1.29 is 0 Å². The largest absolute Gasteiger partial charge is 0.358 e. The molecule has 1 N–H and O–H groups in total. The molecule has 108 valence electrons. The van der Waals surface area contributed by atoms with Crippen molar-refractivity contribution in [2.75, 3.05) is 6.54 Å². The third-order valence-electron chi connectivity index (χ3n) is 3.98. The number of rotatable bonds is 2. The van der Waals surface area contributed by atoms with Gasteiger partial charge in [-0.2, -0.15) is 0 Å². The first kappa shape index (κ1) is 14.1. The Labute approximate surface area is 131 Å². The molecule has 0 aromatic heterocycles. The smallest absolute Gasteiger partial charge is 0.169 e. The molecule has 0 aliphatic carbocycles. The van der Waals surface area contributed by atoms with Gasteiger partial charge in [-0.25, -0.2) is 0 Å². The van der Waals surface area contributed by atoms with E-state index in [4.69, 9.17) is 12.2 Å². The fourth-order valence-corrected chi connectivity index (χ4v) is 2.89. The lowest BCUT2D eigenvalue weighted by atomic mass is 10.0. The molecule has 3 rings (SSSR count). The van der Waals surface area contributed by atoms with Crippen molar-refractivity contribution in [2.45, 2.75) is 26.4 Å². The average Bonchev–Trinajstić information content (AvgIpc) is 2.53. The van der Waals surface area contributed by atoms with Gasteiger partial charge in [0.1, 0.15) is 0 Å². The van der Waals surface area contributed by atoms with E-state index in [2.05, 4.69) is 65.7 Å². The fourth-order valence-electron chi connectivity index (χ4n) is 2.66. The highest BCUT2D eigenvalue weighted by Crippen LogP contribution is 2.18. The molecule has 1 aliphatic rings. The summed E-state index contributed by atoms with van der Waals surface area (Å²) in [5, 5.41) is 4.23. The maximum atomic E-state index is 5.54. The number of nitrogens with one attached hydrogen (secondary N) is 1. The zero-order chi connectivity index (χ0) is 14.7. The Morgan fingerprint density at radius 1 is 1.10 bits per heavy atom. The highest BCUT2D eigenvalue weighted by Gasteiger charge is 2.17. The van der Waals surface area contributed by atoms with Crippen LogP contribution in [0.5, 0.6) is 0 Å². The highest BCUT2D eigenvalue weighted by molar-refractivity contribution is 7.80. The zero-order valence-corrected chi connectivity index (χ0v) is 13.1. The van der Waals surface area contributed by atoms with E-state index in [9.17, 15) is 0 Å². The molecule has 2 aromatic carbocycles. The maximum Gasteiger partial charge on any atom is 0.169 e. The average molecular weight is 296 g/mol. The standard InChI is InChI=1S/C18H20N2S/c1-14-6-8-15(9-7-14)12-19-18(21)20-11-10-16-4-2-3-5-17(16)13-20/h2-9H,10-13H2,1H3,(H,19,21). The summed E-state index contributed by atoms with van der Waals surface area (Å²) >= 11 is 5.54. The van der Waals surface area contributed by atoms with Gasteiger partial charge in [0.2, 0.25) is 0 Å². The van der Waals surface area contributed by atoms with E-state index in [1.807, 2.05) is 0 Å². The number of fused-ring (bicyclic) bond motifs is 1. The quantitative estimate of drug-likeness (QED) is 0.855. The molecule has 0 saturated carbocycles. The maximum absolute atomic E-state index is 5.54. The topological polar surface area (TPSA) is 15.3 Å². The monoisotopic (exact) mass is 296 g/mol. The van der Waals surface area contributed by atoms with E-state index in [1.54, 1.807) is 0 Å². The van der Waals surface area contributed by atoms with E-state index >= 15 is 0 Å². The molecule has 2 nitrogen and oxygen atoms in total. The summed E-state index contributed by atoms with van der Waals surface area (Å²) in [4.78, 5) is 2.26. The Balaban J connectivity index is 1.58. The molecule has 2 aromatic rings. The van der Waals surface area contributed by atoms with Crippen LogP contribution in [-0.2, 0) is 19.5 Å². The summed E-state index contributed by atoms with van der Waals surface area (Å²) in [7, 11) is 0. The predicted molar refractivity (Wildman–Crippen MR) is 91.2 cm³/mol. The molecule has 0 atom stereocenters. The van der Waals surface area contributed by atoms with E-state index in [0.29, 0.717) is 0 Å². The number of benzene rings is 2. The highest BCUT2D eigenvalue weighted by atomic mass is 32.1. The predicted octanol–water partition coefficient (Wildman–Crippen LogP) is 3.43. The minimum atomic E-state index is 0.789. The van der Waals surface area contributed by atoms with Gasteiger partial charge < -0.3 is 10.2 Å². The third-order valence-corrected chi connectivity index (χ3v) is 4.38. The van der Waals surface area contributed by atoms with Gasteiger partial charge in [-0.05, 0) is 42.3 Å². The van der Waals surface area contributed by atoms with Crippen LogP contribution in [0.2, 0.25) is 0 Å². The first-order valence-corrected chi connectivity index (χ1v) is 7.78. The molecule has 0 spiro atoms. The summed E-state index contributed by atoms with van der Waals surface area (Å²) < 4.78 is 0. The van der Waals surface area contributed by atoms with Gasteiger partial charge in [0.25, 0.3) is 0 Å². The summed E-state index contributed by atoms with van der Waals surface area (Å²) in [6.45, 7) is 4.80. The van der Waals surface area contributed by atoms with Gasteiger partial charge in [-0.3, -0.25) is 0 Å². The molecule has 0 amide bonds. The summed E-state index contributed by atoms with van der Waals surface area (Å²) in [6, 6.07) is 17.2. The van der Waals surface area contributed by atoms with E-state index < -0.39 is 0 Å². The van der Waals surface area contributed by atoms with Crippen molar-refractivity contribution in [1.82, 2.24) is 10.2 Å². The first-order chi connectivity index (χ1) is 10.2. The summed E-state index contributed by atoms with van der Waals surface area (Å²) in [5.74, 6) is 0. The zero-order valence-electron chi connectivity index (χ0n) is 12.3. The Morgan fingerprint density at radius 3 is 2.57 bits per heavy atom. The van der Waals surface area contributed by atoms with Gasteiger partial charge in [0.15, 0.2) is 5.11 Å². The van der Waals surface area contributed by atoms with Gasteiger partial charge >= 0.3 is 0 Å². The minimum absolute atomic E-state index is 0.789. The number of nitrogens with zero attached hydrogens (tertiary/aromatic N) is 1. The van der Waals surface area contributed by atoms with Crippen LogP contribution < -0.4 is 5.32 Å². The van der Waals surface area contributed by atoms with Crippen LogP contribution in [0.3, 0.4) is 0 Å². The molecule has 21 heavy (non-hydrogen) atoms. The van der Waals surface area contributed by atoms with Crippen molar-refractivity contribution in [3.05, 3.63) is 70.8 Å². The lowest BCUT2D eigenvalue weighted by Gasteiger charge is -2.31. The van der Waals surface area contributed by atoms with Crippen LogP contribution in [0, 0.1) is 6.92 Å². The van der Waals surface area contributed by atoms with Crippen LogP contribution in [0.4, 0.5) is 0 Å². The van der Waals surface area contributed by atoms with Crippen molar-refractivity contribution in [1.29, 1.82) is 0 Å². The molecular formula is C18H20N2S. The van der Waals surface area contributed by atoms with Crippen LogP contribution >= 0.6 is 12.2 Å². The second-order valence-electron chi connectivity index (χ2n) is 5.58. The number of thiocarbonyl (C=S) groups is 1. The van der Waals surface area contributed by atoms with E-state index in [0.717, 1.165) is 31.2 Å². The van der Waals surface area contributed by atoms with E-state index in [-0.39, 0.29) is 0 Å². The Kier molecular flexibility index (Phi) is 4.20. The van der Waals surface area contributed by atoms with Gasteiger partial charge in [-0.1, -0.05) is 54.1 Å². The van der Waals surface area contributed by atoms with Crippen LogP contribution in [0.1, 0.15) is 22.3 Å². The number of hydrogen-bond acceptors (Lipinski definition) is 1. The lowest BCUT2D eigenvalue weighted by Crippen LogP contribution is -2.42. The van der Waals surface area contributed by atoms with Crippen LogP contribution in [0.15, 0.2) is 48.5 Å². The molecule has 1 heterocycles. The molecule has 3 heteroatoms. The third kappa shape index (κ3) is 3.42.